The molecule has 2 heterocycles. The Morgan fingerprint density at radius 3 is 2.83 bits per heavy atom. The molecular weight excluding hydrogens is 350 g/mol. The molecule has 0 spiro atoms. The molecule has 0 bridgehead atoms. The maximum atomic E-state index is 12.5. The number of nitrogens with zero attached hydrogens (tertiary/aromatic N) is 2. The van der Waals surface area contributed by atoms with E-state index in [0.29, 0.717) is 5.89 Å². The van der Waals surface area contributed by atoms with E-state index in [1.54, 1.807) is 18.2 Å². The van der Waals surface area contributed by atoms with Crippen molar-refractivity contribution < 1.29 is 17.6 Å². The Bertz CT molecular complexity index is 934. The summed E-state index contributed by atoms with van der Waals surface area (Å²) >= 11 is 1.46. The predicted molar refractivity (Wildman–Crippen MR) is 89.4 cm³/mol. The van der Waals surface area contributed by atoms with E-state index in [0.717, 1.165) is 10.4 Å². The molecule has 0 fully saturated rings. The van der Waals surface area contributed by atoms with Crippen LogP contribution < -0.4 is 9.46 Å². The summed E-state index contributed by atoms with van der Waals surface area (Å²) in [6.45, 7) is 1.71. The minimum atomic E-state index is -3.77. The van der Waals surface area contributed by atoms with E-state index in [-0.39, 0.29) is 23.1 Å². The van der Waals surface area contributed by atoms with Crippen molar-refractivity contribution in [1.82, 2.24) is 14.9 Å². The fraction of sp³-hybridized carbons (Fsp3) is 0.200. The molecule has 126 valence electrons. The van der Waals surface area contributed by atoms with E-state index >= 15 is 0 Å². The third-order valence-corrected chi connectivity index (χ3v) is 5.50. The lowest BCUT2D eigenvalue weighted by Gasteiger charge is -2.10. The van der Waals surface area contributed by atoms with Gasteiger partial charge in [-0.2, -0.15) is 0 Å². The Kier molecular flexibility index (Phi) is 4.65. The van der Waals surface area contributed by atoms with Gasteiger partial charge in [-0.15, -0.1) is 21.5 Å². The lowest BCUT2D eigenvalue weighted by molar-refractivity contribution is 0.402. The van der Waals surface area contributed by atoms with Crippen LogP contribution in [0, 0.1) is 6.92 Å². The minimum Gasteiger partial charge on any atom is -0.495 e. The Balaban J connectivity index is 1.77. The molecular formula is C15H15N3O4S2. The van der Waals surface area contributed by atoms with Gasteiger partial charge < -0.3 is 9.15 Å². The highest BCUT2D eigenvalue weighted by molar-refractivity contribution is 7.89. The maximum absolute atomic E-state index is 12.5. The van der Waals surface area contributed by atoms with Gasteiger partial charge in [0.2, 0.25) is 15.9 Å². The van der Waals surface area contributed by atoms with Crippen LogP contribution >= 0.6 is 11.3 Å². The summed E-state index contributed by atoms with van der Waals surface area (Å²) in [7, 11) is -2.34. The smallest absolute Gasteiger partial charge is 0.257 e. The number of ether oxygens (including phenoxy) is 1. The van der Waals surface area contributed by atoms with E-state index < -0.39 is 10.0 Å². The monoisotopic (exact) mass is 365 g/mol. The Labute approximate surface area is 143 Å². The largest absolute Gasteiger partial charge is 0.495 e. The molecule has 0 aliphatic rings. The van der Waals surface area contributed by atoms with Gasteiger partial charge in [-0.3, -0.25) is 0 Å². The van der Waals surface area contributed by atoms with Crippen LogP contribution in [0.25, 0.3) is 10.8 Å². The molecule has 9 heteroatoms. The van der Waals surface area contributed by atoms with Crippen molar-refractivity contribution >= 4 is 21.4 Å². The number of aryl methyl sites for hydroxylation is 1. The van der Waals surface area contributed by atoms with Gasteiger partial charge in [0, 0.05) is 0 Å². The fourth-order valence-electron chi connectivity index (χ4n) is 2.05. The van der Waals surface area contributed by atoms with Crippen LogP contribution in [0.1, 0.15) is 11.5 Å². The van der Waals surface area contributed by atoms with Crippen molar-refractivity contribution in [2.75, 3.05) is 7.11 Å². The van der Waals surface area contributed by atoms with Crippen molar-refractivity contribution in [1.29, 1.82) is 0 Å². The molecule has 0 saturated heterocycles. The Morgan fingerprint density at radius 1 is 1.29 bits per heavy atom. The standard InChI is InChI=1S/C15H15N3O4S2/c1-10-5-6-11(21-2)13(8-10)24(19,20)16-9-14-17-18-15(22-14)12-4-3-7-23-12/h3-8,16H,9H2,1-2H3. The van der Waals surface area contributed by atoms with E-state index in [9.17, 15) is 8.42 Å². The second-order valence-electron chi connectivity index (χ2n) is 4.96. The van der Waals surface area contributed by atoms with Crippen molar-refractivity contribution in [3.05, 3.63) is 47.2 Å². The molecule has 3 aromatic rings. The van der Waals surface area contributed by atoms with Crippen molar-refractivity contribution in [2.45, 2.75) is 18.4 Å². The summed E-state index contributed by atoms with van der Waals surface area (Å²) < 4.78 is 38.0. The van der Waals surface area contributed by atoms with Crippen molar-refractivity contribution in [2.24, 2.45) is 0 Å². The van der Waals surface area contributed by atoms with Gasteiger partial charge in [0.05, 0.1) is 18.5 Å². The molecule has 1 N–H and O–H groups in total. The number of methoxy groups -OCH3 is 1. The summed E-state index contributed by atoms with van der Waals surface area (Å²) in [6, 6.07) is 8.67. The summed E-state index contributed by atoms with van der Waals surface area (Å²) in [5.74, 6) is 0.832. The predicted octanol–water partition coefficient (Wildman–Crippen LogP) is 2.59. The highest BCUT2D eigenvalue weighted by Gasteiger charge is 2.21. The van der Waals surface area contributed by atoms with E-state index in [4.69, 9.17) is 9.15 Å². The summed E-state index contributed by atoms with van der Waals surface area (Å²) in [5, 5.41) is 9.67. The highest BCUT2D eigenvalue weighted by atomic mass is 32.2. The molecule has 0 atom stereocenters. The first-order valence-corrected chi connectivity index (χ1v) is 9.36. The first-order chi connectivity index (χ1) is 11.5. The van der Waals surface area contributed by atoms with Gasteiger partial charge >= 0.3 is 0 Å². The van der Waals surface area contributed by atoms with Crippen LogP contribution in [0.5, 0.6) is 5.75 Å². The van der Waals surface area contributed by atoms with Crippen LogP contribution in [-0.2, 0) is 16.6 Å². The molecule has 2 aromatic heterocycles. The van der Waals surface area contributed by atoms with Crippen LogP contribution in [0.4, 0.5) is 0 Å². The number of hydrogen-bond acceptors (Lipinski definition) is 7. The molecule has 3 rings (SSSR count). The Morgan fingerprint density at radius 2 is 2.12 bits per heavy atom. The van der Waals surface area contributed by atoms with Gasteiger partial charge in [0.25, 0.3) is 5.89 Å². The second kappa shape index (κ2) is 6.71. The average Bonchev–Trinajstić information content (AvgIpc) is 3.24. The summed E-state index contributed by atoms with van der Waals surface area (Å²) in [4.78, 5) is 0.903. The molecule has 0 radical (unpaired) electrons. The first-order valence-electron chi connectivity index (χ1n) is 7.00. The first kappa shape index (κ1) is 16.6. The maximum Gasteiger partial charge on any atom is 0.257 e. The summed E-state index contributed by atoms with van der Waals surface area (Å²) in [5.41, 5.74) is 0.814. The van der Waals surface area contributed by atoms with Gasteiger partial charge in [-0.1, -0.05) is 12.1 Å². The zero-order chi connectivity index (χ0) is 17.2. The second-order valence-corrected chi connectivity index (χ2v) is 7.64. The third kappa shape index (κ3) is 3.48. The number of aromatic nitrogens is 2. The average molecular weight is 365 g/mol. The van der Waals surface area contributed by atoms with Crippen LogP contribution in [0.3, 0.4) is 0 Å². The Hall–Kier alpha value is -2.23. The molecule has 1 aromatic carbocycles. The lowest BCUT2D eigenvalue weighted by atomic mass is 10.2. The lowest BCUT2D eigenvalue weighted by Crippen LogP contribution is -2.24. The van der Waals surface area contributed by atoms with E-state index in [2.05, 4.69) is 14.9 Å². The highest BCUT2D eigenvalue weighted by Crippen LogP contribution is 2.25. The van der Waals surface area contributed by atoms with Gasteiger partial charge in [-0.05, 0) is 36.1 Å². The van der Waals surface area contributed by atoms with E-state index in [1.807, 2.05) is 24.4 Å². The zero-order valence-electron chi connectivity index (χ0n) is 13.0. The molecule has 0 saturated carbocycles. The third-order valence-electron chi connectivity index (χ3n) is 3.22. The molecule has 0 aliphatic heterocycles. The minimum absolute atomic E-state index is 0.0722. The topological polar surface area (TPSA) is 94.3 Å². The number of sulfonamides is 1. The molecule has 0 amide bonds. The normalized spacial score (nSPS) is 11.6. The summed E-state index contributed by atoms with van der Waals surface area (Å²) in [6.07, 6.45) is 0. The number of nitrogens with one attached hydrogen (secondary N) is 1. The SMILES string of the molecule is COc1ccc(C)cc1S(=O)(=O)NCc1nnc(-c2cccs2)o1. The molecule has 0 aliphatic carbocycles. The van der Waals surface area contributed by atoms with Crippen LogP contribution in [0.15, 0.2) is 45.0 Å². The zero-order valence-corrected chi connectivity index (χ0v) is 14.6. The quantitative estimate of drug-likeness (QED) is 0.721. The van der Waals surface area contributed by atoms with Crippen LogP contribution in [0.2, 0.25) is 0 Å². The number of thiophene rings is 1. The van der Waals surface area contributed by atoms with Crippen molar-refractivity contribution in [3.63, 3.8) is 0 Å². The molecule has 0 unspecified atom stereocenters. The molecule has 24 heavy (non-hydrogen) atoms. The van der Waals surface area contributed by atoms with E-state index in [1.165, 1.54) is 18.4 Å². The van der Waals surface area contributed by atoms with Gasteiger partial charge in [0.15, 0.2) is 0 Å². The molecule has 7 nitrogen and oxygen atoms in total. The number of rotatable bonds is 6. The van der Waals surface area contributed by atoms with Crippen molar-refractivity contribution in [3.8, 4) is 16.5 Å². The number of benzene rings is 1. The fourth-order valence-corrected chi connectivity index (χ4v) is 3.92. The van der Waals surface area contributed by atoms with Gasteiger partial charge in [-0.25, -0.2) is 13.1 Å². The van der Waals surface area contributed by atoms with Crippen LogP contribution in [-0.4, -0.2) is 25.7 Å². The number of hydrogen-bond donors (Lipinski definition) is 1. The van der Waals surface area contributed by atoms with Gasteiger partial charge in [0.1, 0.15) is 10.6 Å².